The molecule has 2 aromatic carbocycles. The largest absolute Gasteiger partial charge is 0.295 e. The average molecular weight is 252 g/mol. The SMILES string of the molecule is CCc1c(Cc2ccccc2)cc(C)cc1C(C)=O. The molecular weight excluding hydrogens is 232 g/mol. The van der Waals surface area contributed by atoms with Crippen LogP contribution in [0, 0.1) is 6.92 Å². The molecule has 0 unspecified atom stereocenters. The molecule has 0 saturated carbocycles. The van der Waals surface area contributed by atoms with Crippen LogP contribution in [-0.4, -0.2) is 5.78 Å². The molecule has 0 bridgehead atoms. The number of ketones is 1. The molecule has 98 valence electrons. The van der Waals surface area contributed by atoms with Crippen LogP contribution < -0.4 is 0 Å². The van der Waals surface area contributed by atoms with E-state index in [0.29, 0.717) is 0 Å². The molecule has 19 heavy (non-hydrogen) atoms. The zero-order valence-electron chi connectivity index (χ0n) is 11.9. The van der Waals surface area contributed by atoms with E-state index in [1.165, 1.54) is 16.7 Å². The summed E-state index contributed by atoms with van der Waals surface area (Å²) >= 11 is 0. The topological polar surface area (TPSA) is 17.1 Å². The molecule has 2 rings (SSSR count). The summed E-state index contributed by atoms with van der Waals surface area (Å²) in [6.45, 7) is 5.83. The van der Waals surface area contributed by atoms with Crippen molar-refractivity contribution >= 4 is 5.78 Å². The Morgan fingerprint density at radius 2 is 1.79 bits per heavy atom. The number of benzene rings is 2. The lowest BCUT2D eigenvalue weighted by atomic mass is 9.91. The lowest BCUT2D eigenvalue weighted by Crippen LogP contribution is -2.05. The van der Waals surface area contributed by atoms with E-state index in [1.54, 1.807) is 6.92 Å². The van der Waals surface area contributed by atoms with Crippen molar-refractivity contribution in [1.29, 1.82) is 0 Å². The molecule has 0 atom stereocenters. The molecule has 0 aliphatic heterocycles. The van der Waals surface area contributed by atoms with Crippen molar-refractivity contribution in [3.8, 4) is 0 Å². The quantitative estimate of drug-likeness (QED) is 0.739. The summed E-state index contributed by atoms with van der Waals surface area (Å²) in [4.78, 5) is 11.8. The first-order chi connectivity index (χ1) is 9.11. The van der Waals surface area contributed by atoms with Crippen LogP contribution in [0.4, 0.5) is 0 Å². The van der Waals surface area contributed by atoms with Gasteiger partial charge in [-0.1, -0.05) is 48.9 Å². The smallest absolute Gasteiger partial charge is 0.160 e. The highest BCUT2D eigenvalue weighted by molar-refractivity contribution is 5.96. The normalized spacial score (nSPS) is 10.5. The van der Waals surface area contributed by atoms with Crippen LogP contribution in [0.15, 0.2) is 42.5 Å². The van der Waals surface area contributed by atoms with Gasteiger partial charge in [0.1, 0.15) is 0 Å². The molecule has 2 aromatic rings. The van der Waals surface area contributed by atoms with Gasteiger partial charge in [0.25, 0.3) is 0 Å². The van der Waals surface area contributed by atoms with E-state index in [0.717, 1.165) is 24.0 Å². The van der Waals surface area contributed by atoms with Crippen molar-refractivity contribution in [2.45, 2.75) is 33.6 Å². The Bertz CT molecular complexity index is 582. The summed E-state index contributed by atoms with van der Waals surface area (Å²) in [6, 6.07) is 14.6. The molecule has 0 aromatic heterocycles. The van der Waals surface area contributed by atoms with E-state index < -0.39 is 0 Å². The highest BCUT2D eigenvalue weighted by Gasteiger charge is 2.12. The van der Waals surface area contributed by atoms with Crippen LogP contribution >= 0.6 is 0 Å². The molecule has 1 nitrogen and oxygen atoms in total. The Balaban J connectivity index is 2.47. The van der Waals surface area contributed by atoms with Gasteiger partial charge in [0.15, 0.2) is 5.78 Å². The monoisotopic (exact) mass is 252 g/mol. The van der Waals surface area contributed by atoms with Crippen LogP contribution in [0.1, 0.15) is 46.5 Å². The van der Waals surface area contributed by atoms with Gasteiger partial charge in [-0.3, -0.25) is 4.79 Å². The zero-order valence-corrected chi connectivity index (χ0v) is 11.9. The first-order valence-corrected chi connectivity index (χ1v) is 6.79. The number of Topliss-reactive ketones (excluding diaryl/α,β-unsaturated/α-hetero) is 1. The van der Waals surface area contributed by atoms with E-state index in [4.69, 9.17) is 0 Å². The van der Waals surface area contributed by atoms with E-state index in [9.17, 15) is 4.79 Å². The molecule has 0 spiro atoms. The van der Waals surface area contributed by atoms with Crippen molar-refractivity contribution in [2.24, 2.45) is 0 Å². The van der Waals surface area contributed by atoms with Gasteiger partial charge in [-0.25, -0.2) is 0 Å². The zero-order chi connectivity index (χ0) is 13.8. The number of carbonyl (C=O) groups is 1. The Morgan fingerprint density at radius 1 is 1.11 bits per heavy atom. The number of rotatable bonds is 4. The van der Waals surface area contributed by atoms with Gasteiger partial charge in [0.05, 0.1) is 0 Å². The third kappa shape index (κ3) is 3.11. The third-order valence-electron chi connectivity index (χ3n) is 3.46. The maximum absolute atomic E-state index is 11.8. The lowest BCUT2D eigenvalue weighted by molar-refractivity contribution is 0.101. The average Bonchev–Trinajstić information content (AvgIpc) is 2.39. The van der Waals surface area contributed by atoms with Crippen LogP contribution in [-0.2, 0) is 12.8 Å². The molecule has 0 fully saturated rings. The minimum atomic E-state index is 0.162. The van der Waals surface area contributed by atoms with Crippen LogP contribution in [0.5, 0.6) is 0 Å². The fourth-order valence-corrected chi connectivity index (χ4v) is 2.60. The van der Waals surface area contributed by atoms with Crippen molar-refractivity contribution in [3.63, 3.8) is 0 Å². The number of hydrogen-bond acceptors (Lipinski definition) is 1. The van der Waals surface area contributed by atoms with Crippen LogP contribution in [0.3, 0.4) is 0 Å². The predicted octanol–water partition coefficient (Wildman–Crippen LogP) is 4.35. The van der Waals surface area contributed by atoms with Gasteiger partial charge in [-0.05, 0) is 49.4 Å². The van der Waals surface area contributed by atoms with Crippen molar-refractivity contribution in [3.05, 3.63) is 70.3 Å². The summed E-state index contributed by atoms with van der Waals surface area (Å²) in [6.07, 6.45) is 1.79. The van der Waals surface area contributed by atoms with Gasteiger partial charge < -0.3 is 0 Å². The molecule has 0 aliphatic carbocycles. The van der Waals surface area contributed by atoms with Crippen LogP contribution in [0.2, 0.25) is 0 Å². The fourth-order valence-electron chi connectivity index (χ4n) is 2.60. The first-order valence-electron chi connectivity index (χ1n) is 6.79. The van der Waals surface area contributed by atoms with E-state index >= 15 is 0 Å². The Kier molecular flexibility index (Phi) is 4.16. The van der Waals surface area contributed by atoms with Crippen molar-refractivity contribution < 1.29 is 4.79 Å². The molecule has 0 heterocycles. The minimum Gasteiger partial charge on any atom is -0.295 e. The molecule has 1 heteroatoms. The Morgan fingerprint density at radius 3 is 2.37 bits per heavy atom. The maximum Gasteiger partial charge on any atom is 0.160 e. The first kappa shape index (κ1) is 13.5. The van der Waals surface area contributed by atoms with Gasteiger partial charge in [-0.15, -0.1) is 0 Å². The predicted molar refractivity (Wildman–Crippen MR) is 79.8 cm³/mol. The van der Waals surface area contributed by atoms with Crippen molar-refractivity contribution in [2.75, 3.05) is 0 Å². The van der Waals surface area contributed by atoms with Gasteiger partial charge in [-0.2, -0.15) is 0 Å². The van der Waals surface area contributed by atoms with Gasteiger partial charge in [0.2, 0.25) is 0 Å². The highest BCUT2D eigenvalue weighted by Crippen LogP contribution is 2.22. The summed E-state index contributed by atoms with van der Waals surface area (Å²) in [5.41, 5.74) is 5.81. The van der Waals surface area contributed by atoms with E-state index in [1.807, 2.05) is 12.1 Å². The fraction of sp³-hybridized carbons (Fsp3) is 0.278. The van der Waals surface area contributed by atoms with Crippen molar-refractivity contribution in [1.82, 2.24) is 0 Å². The molecular formula is C18H20O. The Hall–Kier alpha value is -1.89. The second-order valence-corrected chi connectivity index (χ2v) is 5.02. The van der Waals surface area contributed by atoms with E-state index in [-0.39, 0.29) is 5.78 Å². The molecule has 0 aliphatic rings. The number of hydrogen-bond donors (Lipinski definition) is 0. The second-order valence-electron chi connectivity index (χ2n) is 5.02. The minimum absolute atomic E-state index is 0.162. The summed E-state index contributed by atoms with van der Waals surface area (Å²) in [7, 11) is 0. The number of aryl methyl sites for hydroxylation is 1. The molecule has 0 radical (unpaired) electrons. The maximum atomic E-state index is 11.8. The van der Waals surface area contributed by atoms with E-state index in [2.05, 4.69) is 44.2 Å². The summed E-state index contributed by atoms with van der Waals surface area (Å²) in [5, 5.41) is 0. The Labute approximate surface area is 115 Å². The second kappa shape index (κ2) is 5.83. The standard InChI is InChI=1S/C18H20O/c1-4-17-16(12-15-8-6-5-7-9-15)10-13(2)11-18(17)14(3)19/h5-11H,4,12H2,1-3H3. The van der Waals surface area contributed by atoms with Gasteiger partial charge >= 0.3 is 0 Å². The summed E-state index contributed by atoms with van der Waals surface area (Å²) in [5.74, 6) is 0.162. The number of carbonyl (C=O) groups excluding carboxylic acids is 1. The van der Waals surface area contributed by atoms with Crippen LogP contribution in [0.25, 0.3) is 0 Å². The third-order valence-corrected chi connectivity index (χ3v) is 3.46. The molecule has 0 amide bonds. The highest BCUT2D eigenvalue weighted by atomic mass is 16.1. The molecule has 0 N–H and O–H groups in total. The molecule has 0 saturated heterocycles. The summed E-state index contributed by atoms with van der Waals surface area (Å²) < 4.78 is 0. The lowest BCUT2D eigenvalue weighted by Gasteiger charge is -2.13. The van der Waals surface area contributed by atoms with Gasteiger partial charge in [0, 0.05) is 5.56 Å².